The van der Waals surface area contributed by atoms with E-state index in [1.807, 2.05) is 0 Å². The number of hydrogen-bond acceptors (Lipinski definition) is 5. The maximum atomic E-state index is 13.8. The minimum Gasteiger partial charge on any atom is -0.368 e. The van der Waals surface area contributed by atoms with Crippen molar-refractivity contribution >= 4 is 33.4 Å². The predicted molar refractivity (Wildman–Crippen MR) is 79.2 cm³/mol. The highest BCUT2D eigenvalue weighted by Crippen LogP contribution is 2.27. The summed E-state index contributed by atoms with van der Waals surface area (Å²) in [6, 6.07) is 4.70. The molecular weight excluding hydrogens is 325 g/mol. The number of hydrogen-bond donors (Lipinski definition) is 3. The van der Waals surface area contributed by atoms with E-state index in [1.54, 1.807) is 12.1 Å². The molecule has 3 rings (SSSR count). The number of fused-ring (bicyclic) bond motifs is 1. The van der Waals surface area contributed by atoms with Gasteiger partial charge < -0.3 is 16.4 Å². The van der Waals surface area contributed by atoms with Crippen molar-refractivity contribution in [1.29, 1.82) is 0 Å². The minimum atomic E-state index is -0.345. The first-order chi connectivity index (χ1) is 9.63. The van der Waals surface area contributed by atoms with Crippen molar-refractivity contribution in [3.8, 4) is 0 Å². The third kappa shape index (κ3) is 2.59. The van der Waals surface area contributed by atoms with E-state index < -0.39 is 0 Å². The third-order valence-corrected chi connectivity index (χ3v) is 3.63. The fourth-order valence-electron chi connectivity index (χ4n) is 2.19. The van der Waals surface area contributed by atoms with Gasteiger partial charge in [-0.15, -0.1) is 0 Å². The molecule has 1 aliphatic heterocycles. The fraction of sp³-hybridized carbons (Fsp3) is 0.231. The maximum Gasteiger partial charge on any atom is 0.222 e. The molecule has 2 aromatic rings. The Morgan fingerprint density at radius 3 is 3.05 bits per heavy atom. The number of nitrogens with one attached hydrogen (secondary N) is 2. The number of nitrogens with two attached hydrogens (primary N) is 1. The first kappa shape index (κ1) is 13.3. The smallest absolute Gasteiger partial charge is 0.222 e. The van der Waals surface area contributed by atoms with Crippen molar-refractivity contribution in [3.05, 3.63) is 39.7 Å². The van der Waals surface area contributed by atoms with Crippen LogP contribution in [0.2, 0.25) is 0 Å². The summed E-state index contributed by atoms with van der Waals surface area (Å²) in [6.45, 7) is 1.50. The second-order valence-electron chi connectivity index (χ2n) is 4.53. The Morgan fingerprint density at radius 1 is 1.35 bits per heavy atom. The molecule has 0 saturated carbocycles. The first-order valence-electron chi connectivity index (χ1n) is 6.21. The lowest BCUT2D eigenvalue weighted by molar-refractivity contribution is 0.625. The van der Waals surface area contributed by atoms with Gasteiger partial charge in [-0.05, 0) is 18.2 Å². The van der Waals surface area contributed by atoms with Crippen LogP contribution in [-0.4, -0.2) is 16.5 Å². The Morgan fingerprint density at radius 2 is 2.20 bits per heavy atom. The zero-order chi connectivity index (χ0) is 14.1. The molecule has 1 aliphatic rings. The molecule has 0 fully saturated rings. The van der Waals surface area contributed by atoms with Crippen LogP contribution in [0.15, 0.2) is 22.7 Å². The van der Waals surface area contributed by atoms with Crippen LogP contribution in [0.25, 0.3) is 0 Å². The van der Waals surface area contributed by atoms with Crippen molar-refractivity contribution in [2.75, 3.05) is 17.6 Å². The monoisotopic (exact) mass is 337 g/mol. The lowest BCUT2D eigenvalue weighted by Gasteiger charge is -2.20. The molecule has 1 aromatic heterocycles. The van der Waals surface area contributed by atoms with Crippen LogP contribution in [-0.2, 0) is 13.0 Å². The Kier molecular flexibility index (Phi) is 3.54. The van der Waals surface area contributed by atoms with Crippen molar-refractivity contribution in [2.45, 2.75) is 13.0 Å². The average molecular weight is 338 g/mol. The summed E-state index contributed by atoms with van der Waals surface area (Å²) in [5, 5.41) is 6.25. The minimum absolute atomic E-state index is 0.198. The highest BCUT2D eigenvalue weighted by atomic mass is 79.9. The van der Waals surface area contributed by atoms with Gasteiger partial charge >= 0.3 is 0 Å². The predicted octanol–water partition coefficient (Wildman–Crippen LogP) is 2.35. The largest absolute Gasteiger partial charge is 0.368 e. The van der Waals surface area contributed by atoms with Crippen LogP contribution in [0.3, 0.4) is 0 Å². The molecule has 20 heavy (non-hydrogen) atoms. The molecule has 5 nitrogen and oxygen atoms in total. The number of rotatable bonds is 2. The van der Waals surface area contributed by atoms with Gasteiger partial charge in [-0.3, -0.25) is 0 Å². The lowest BCUT2D eigenvalue weighted by Crippen LogP contribution is -2.26. The van der Waals surface area contributed by atoms with Crippen molar-refractivity contribution in [2.24, 2.45) is 0 Å². The van der Waals surface area contributed by atoms with Gasteiger partial charge in [0.05, 0.1) is 11.4 Å². The third-order valence-electron chi connectivity index (χ3n) is 3.13. The van der Waals surface area contributed by atoms with E-state index in [9.17, 15) is 4.39 Å². The van der Waals surface area contributed by atoms with Crippen molar-refractivity contribution in [1.82, 2.24) is 15.3 Å². The maximum absolute atomic E-state index is 13.8. The molecule has 0 unspecified atom stereocenters. The van der Waals surface area contributed by atoms with E-state index in [0.29, 0.717) is 18.1 Å². The second kappa shape index (κ2) is 5.34. The van der Waals surface area contributed by atoms with Gasteiger partial charge in [0.25, 0.3) is 0 Å². The Balaban J connectivity index is 2.02. The van der Waals surface area contributed by atoms with Crippen LogP contribution in [0, 0.1) is 5.82 Å². The molecule has 4 N–H and O–H groups in total. The highest BCUT2D eigenvalue weighted by molar-refractivity contribution is 9.10. The topological polar surface area (TPSA) is 75.9 Å². The van der Waals surface area contributed by atoms with E-state index in [0.717, 1.165) is 28.7 Å². The molecule has 1 aromatic carbocycles. The molecule has 0 radical (unpaired) electrons. The van der Waals surface area contributed by atoms with Gasteiger partial charge in [0, 0.05) is 29.5 Å². The molecule has 104 valence electrons. The van der Waals surface area contributed by atoms with Gasteiger partial charge in [0.2, 0.25) is 5.95 Å². The molecule has 0 spiro atoms. The first-order valence-corrected chi connectivity index (χ1v) is 7.01. The van der Waals surface area contributed by atoms with Crippen molar-refractivity contribution in [3.63, 3.8) is 0 Å². The van der Waals surface area contributed by atoms with E-state index in [4.69, 9.17) is 5.73 Å². The zero-order valence-corrected chi connectivity index (χ0v) is 12.2. The number of benzene rings is 1. The summed E-state index contributed by atoms with van der Waals surface area (Å²) in [6.07, 6.45) is 0.789. The van der Waals surface area contributed by atoms with Crippen molar-refractivity contribution < 1.29 is 4.39 Å². The second-order valence-corrected chi connectivity index (χ2v) is 5.45. The van der Waals surface area contributed by atoms with Crippen LogP contribution in [0.1, 0.15) is 11.3 Å². The Labute approximate surface area is 123 Å². The van der Waals surface area contributed by atoms with E-state index >= 15 is 0 Å². The average Bonchev–Trinajstić information content (AvgIpc) is 2.43. The summed E-state index contributed by atoms with van der Waals surface area (Å²) in [4.78, 5) is 8.43. The molecule has 0 amide bonds. The van der Waals surface area contributed by atoms with Gasteiger partial charge in [0.15, 0.2) is 0 Å². The van der Waals surface area contributed by atoms with E-state index in [1.165, 1.54) is 6.07 Å². The number of aromatic nitrogens is 2. The Bertz CT molecular complexity index is 661. The summed E-state index contributed by atoms with van der Waals surface area (Å²) in [5.74, 6) is 0.406. The zero-order valence-electron chi connectivity index (χ0n) is 10.6. The van der Waals surface area contributed by atoms with Gasteiger partial charge in [0.1, 0.15) is 11.6 Å². The molecule has 2 heterocycles. The number of nitrogens with zero attached hydrogens (tertiary/aromatic N) is 2. The van der Waals surface area contributed by atoms with Gasteiger partial charge in [-0.1, -0.05) is 15.9 Å². The summed E-state index contributed by atoms with van der Waals surface area (Å²) >= 11 is 3.32. The fourth-order valence-corrected chi connectivity index (χ4v) is 2.55. The molecule has 0 aliphatic carbocycles. The number of anilines is 3. The molecule has 0 saturated heterocycles. The quantitative estimate of drug-likeness (QED) is 0.784. The normalized spacial score (nSPS) is 13.9. The molecule has 0 atom stereocenters. The number of halogens is 2. The van der Waals surface area contributed by atoms with E-state index in [2.05, 4.69) is 36.5 Å². The SMILES string of the molecule is Nc1nc2c(c(Nc3cc(Br)ccc3F)n1)CNCC2. The van der Waals surface area contributed by atoms with Crippen LogP contribution < -0.4 is 16.4 Å². The van der Waals surface area contributed by atoms with Crippen LogP contribution >= 0.6 is 15.9 Å². The summed E-state index contributed by atoms with van der Waals surface area (Å²) in [5.41, 5.74) is 7.92. The highest BCUT2D eigenvalue weighted by Gasteiger charge is 2.17. The number of nitrogen functional groups attached to an aromatic ring is 1. The van der Waals surface area contributed by atoms with Crippen LogP contribution in [0.5, 0.6) is 0 Å². The summed E-state index contributed by atoms with van der Waals surface area (Å²) < 4.78 is 14.6. The lowest BCUT2D eigenvalue weighted by atomic mass is 10.1. The van der Waals surface area contributed by atoms with E-state index in [-0.39, 0.29) is 11.8 Å². The molecule has 7 heteroatoms. The van der Waals surface area contributed by atoms with Crippen LogP contribution in [0.4, 0.5) is 21.8 Å². The molecule has 0 bridgehead atoms. The van der Waals surface area contributed by atoms with Gasteiger partial charge in [-0.25, -0.2) is 9.37 Å². The summed E-state index contributed by atoms with van der Waals surface area (Å²) in [7, 11) is 0. The molecular formula is C13H13BrFN5. The van der Waals surface area contributed by atoms with Gasteiger partial charge in [-0.2, -0.15) is 4.98 Å². The standard InChI is InChI=1S/C13H13BrFN5/c14-7-1-2-9(15)11(5-7)18-12-8-6-17-4-3-10(8)19-13(16)20-12/h1-2,5,17H,3-4,6H2,(H3,16,18,19,20). The Hall–Kier alpha value is -1.73.